The molecule has 1 aliphatic rings. The number of piperidine rings is 1. The molecule has 126 valence electrons. The molecule has 1 aliphatic heterocycles. The van der Waals surface area contributed by atoms with Crippen molar-refractivity contribution in [2.45, 2.75) is 39.8 Å². The lowest BCUT2D eigenvalue weighted by molar-refractivity contribution is -0.136. The Balaban J connectivity index is 1.85. The Bertz CT molecular complexity index is 554. The maximum absolute atomic E-state index is 12.1. The van der Waals surface area contributed by atoms with E-state index in [-0.39, 0.29) is 11.8 Å². The summed E-state index contributed by atoms with van der Waals surface area (Å²) in [6.45, 7) is 8.48. The van der Waals surface area contributed by atoms with Crippen LogP contribution in [0.15, 0.2) is 24.3 Å². The molecule has 23 heavy (non-hydrogen) atoms. The van der Waals surface area contributed by atoms with Crippen LogP contribution < -0.4 is 11.1 Å². The second kappa shape index (κ2) is 7.59. The van der Waals surface area contributed by atoms with Crippen LogP contribution in [0.3, 0.4) is 0 Å². The molecule has 1 saturated heterocycles. The first-order valence-corrected chi connectivity index (χ1v) is 8.29. The van der Waals surface area contributed by atoms with E-state index in [0.717, 1.165) is 31.6 Å². The number of nitrogens with zero attached hydrogens (tertiary/aromatic N) is 1. The lowest BCUT2D eigenvalue weighted by atomic mass is 9.92. The molecule has 1 aromatic carbocycles. The summed E-state index contributed by atoms with van der Waals surface area (Å²) in [4.78, 5) is 25.1. The first kappa shape index (κ1) is 17.5. The SMILES string of the molecule is CC(C)C(=O)N1CC[C@H](NCc2ccc(C(N)=O)cc2)[C@H](C)C1. The van der Waals surface area contributed by atoms with Crippen molar-refractivity contribution in [3.05, 3.63) is 35.4 Å². The van der Waals surface area contributed by atoms with E-state index in [1.807, 2.05) is 30.9 Å². The number of likely N-dealkylation sites (tertiary alicyclic amines) is 1. The highest BCUT2D eigenvalue weighted by molar-refractivity contribution is 5.92. The summed E-state index contributed by atoms with van der Waals surface area (Å²) >= 11 is 0. The highest BCUT2D eigenvalue weighted by Crippen LogP contribution is 2.19. The van der Waals surface area contributed by atoms with Crippen LogP contribution in [0.25, 0.3) is 0 Å². The van der Waals surface area contributed by atoms with Gasteiger partial charge in [-0.05, 0) is 30.0 Å². The summed E-state index contributed by atoms with van der Waals surface area (Å²) in [5, 5.41) is 3.57. The standard InChI is InChI=1S/C18H27N3O2/c1-12(2)18(23)21-9-8-16(13(3)11-21)20-10-14-4-6-15(7-5-14)17(19)22/h4-7,12-13,16,20H,8-11H2,1-3H3,(H2,19,22)/t13-,16+/m1/s1. The van der Waals surface area contributed by atoms with Crippen molar-refractivity contribution in [3.8, 4) is 0 Å². The minimum absolute atomic E-state index is 0.0653. The minimum atomic E-state index is -0.402. The molecule has 3 N–H and O–H groups in total. The van der Waals surface area contributed by atoms with Crippen molar-refractivity contribution in [1.29, 1.82) is 0 Å². The number of amides is 2. The number of primary amides is 1. The fourth-order valence-corrected chi connectivity index (χ4v) is 3.05. The number of hydrogen-bond donors (Lipinski definition) is 2. The van der Waals surface area contributed by atoms with Gasteiger partial charge in [-0.2, -0.15) is 0 Å². The van der Waals surface area contributed by atoms with E-state index >= 15 is 0 Å². The first-order chi connectivity index (χ1) is 10.9. The predicted octanol–water partition coefficient (Wildman–Crippen LogP) is 1.77. The average molecular weight is 317 g/mol. The molecule has 5 heteroatoms. The van der Waals surface area contributed by atoms with Gasteiger partial charge in [-0.25, -0.2) is 0 Å². The van der Waals surface area contributed by atoms with Crippen LogP contribution in [0.2, 0.25) is 0 Å². The molecule has 0 aromatic heterocycles. The Morgan fingerprint density at radius 2 is 1.96 bits per heavy atom. The molecule has 1 heterocycles. The lowest BCUT2D eigenvalue weighted by Crippen LogP contribution is -2.50. The zero-order valence-corrected chi connectivity index (χ0v) is 14.2. The molecule has 0 saturated carbocycles. The topological polar surface area (TPSA) is 75.4 Å². The zero-order valence-electron chi connectivity index (χ0n) is 14.2. The van der Waals surface area contributed by atoms with Gasteiger partial charge in [-0.3, -0.25) is 9.59 Å². The number of carbonyl (C=O) groups excluding carboxylic acids is 2. The fourth-order valence-electron chi connectivity index (χ4n) is 3.05. The number of nitrogens with two attached hydrogens (primary N) is 1. The molecule has 0 radical (unpaired) electrons. The molecular weight excluding hydrogens is 290 g/mol. The molecule has 0 aliphatic carbocycles. The quantitative estimate of drug-likeness (QED) is 0.869. The van der Waals surface area contributed by atoms with Gasteiger partial charge >= 0.3 is 0 Å². The summed E-state index contributed by atoms with van der Waals surface area (Å²) in [6.07, 6.45) is 0.971. The number of nitrogens with one attached hydrogen (secondary N) is 1. The van der Waals surface area contributed by atoms with Gasteiger partial charge in [-0.1, -0.05) is 32.9 Å². The highest BCUT2D eigenvalue weighted by atomic mass is 16.2. The molecule has 2 amide bonds. The molecule has 1 fully saturated rings. The Morgan fingerprint density at radius 1 is 1.30 bits per heavy atom. The van der Waals surface area contributed by atoms with E-state index in [4.69, 9.17) is 5.73 Å². The summed E-state index contributed by atoms with van der Waals surface area (Å²) < 4.78 is 0. The van der Waals surface area contributed by atoms with Crippen molar-refractivity contribution in [3.63, 3.8) is 0 Å². The van der Waals surface area contributed by atoms with E-state index in [9.17, 15) is 9.59 Å². The van der Waals surface area contributed by atoms with E-state index in [2.05, 4.69) is 12.2 Å². The zero-order chi connectivity index (χ0) is 17.0. The van der Waals surface area contributed by atoms with Crippen molar-refractivity contribution < 1.29 is 9.59 Å². The third kappa shape index (κ3) is 4.55. The van der Waals surface area contributed by atoms with Crippen molar-refractivity contribution in [2.24, 2.45) is 17.6 Å². The van der Waals surface area contributed by atoms with Crippen molar-refractivity contribution in [2.75, 3.05) is 13.1 Å². The van der Waals surface area contributed by atoms with Crippen molar-refractivity contribution >= 4 is 11.8 Å². The molecule has 5 nitrogen and oxygen atoms in total. The maximum Gasteiger partial charge on any atom is 0.248 e. The van der Waals surface area contributed by atoms with E-state index in [0.29, 0.717) is 17.5 Å². The summed E-state index contributed by atoms with van der Waals surface area (Å²) in [5.41, 5.74) is 6.90. The van der Waals surface area contributed by atoms with Crippen LogP contribution in [0.5, 0.6) is 0 Å². The van der Waals surface area contributed by atoms with Gasteiger partial charge in [0.25, 0.3) is 0 Å². The van der Waals surface area contributed by atoms with Crippen LogP contribution in [0.4, 0.5) is 0 Å². The molecule has 1 aromatic rings. The van der Waals surface area contributed by atoms with Gasteiger partial charge in [-0.15, -0.1) is 0 Å². The van der Waals surface area contributed by atoms with E-state index < -0.39 is 5.91 Å². The van der Waals surface area contributed by atoms with E-state index in [1.165, 1.54) is 0 Å². The molecular formula is C18H27N3O2. The average Bonchev–Trinajstić information content (AvgIpc) is 2.53. The minimum Gasteiger partial charge on any atom is -0.366 e. The largest absolute Gasteiger partial charge is 0.366 e. The monoisotopic (exact) mass is 317 g/mol. The lowest BCUT2D eigenvalue weighted by Gasteiger charge is -2.38. The van der Waals surface area contributed by atoms with Crippen LogP contribution in [-0.2, 0) is 11.3 Å². The normalized spacial score (nSPS) is 21.5. The highest BCUT2D eigenvalue weighted by Gasteiger charge is 2.29. The van der Waals surface area contributed by atoms with Gasteiger partial charge in [0.2, 0.25) is 11.8 Å². The maximum atomic E-state index is 12.1. The Labute approximate surface area is 138 Å². The van der Waals surface area contributed by atoms with Gasteiger partial charge in [0.1, 0.15) is 0 Å². The van der Waals surface area contributed by atoms with Gasteiger partial charge in [0.05, 0.1) is 0 Å². The summed E-state index contributed by atoms with van der Waals surface area (Å²) in [5.74, 6) is 0.337. The number of rotatable bonds is 5. The fraction of sp³-hybridized carbons (Fsp3) is 0.556. The number of benzene rings is 1. The van der Waals surface area contributed by atoms with Gasteiger partial charge in [0, 0.05) is 37.2 Å². The first-order valence-electron chi connectivity index (χ1n) is 8.29. The predicted molar refractivity (Wildman–Crippen MR) is 90.8 cm³/mol. The summed E-state index contributed by atoms with van der Waals surface area (Å²) in [7, 11) is 0. The van der Waals surface area contributed by atoms with Crippen LogP contribution in [-0.4, -0.2) is 35.8 Å². The molecule has 0 bridgehead atoms. The van der Waals surface area contributed by atoms with Crippen LogP contribution in [0, 0.1) is 11.8 Å². The second-order valence-electron chi connectivity index (χ2n) is 6.75. The second-order valence-corrected chi connectivity index (χ2v) is 6.75. The Kier molecular flexibility index (Phi) is 5.77. The van der Waals surface area contributed by atoms with E-state index in [1.54, 1.807) is 12.1 Å². The smallest absolute Gasteiger partial charge is 0.248 e. The van der Waals surface area contributed by atoms with Gasteiger partial charge < -0.3 is 16.0 Å². The van der Waals surface area contributed by atoms with Gasteiger partial charge in [0.15, 0.2) is 0 Å². The third-order valence-electron chi connectivity index (χ3n) is 4.52. The number of hydrogen-bond acceptors (Lipinski definition) is 3. The van der Waals surface area contributed by atoms with Crippen molar-refractivity contribution in [1.82, 2.24) is 10.2 Å². The molecule has 2 atom stereocenters. The molecule has 0 spiro atoms. The van der Waals surface area contributed by atoms with Crippen LogP contribution >= 0.6 is 0 Å². The number of carbonyl (C=O) groups is 2. The summed E-state index contributed by atoms with van der Waals surface area (Å²) in [6, 6.07) is 7.77. The Morgan fingerprint density at radius 3 is 2.48 bits per heavy atom. The third-order valence-corrected chi connectivity index (χ3v) is 4.52. The molecule has 2 rings (SSSR count). The molecule has 0 unspecified atom stereocenters. The van der Waals surface area contributed by atoms with Crippen LogP contribution in [0.1, 0.15) is 43.1 Å². The Hall–Kier alpha value is -1.88.